The van der Waals surface area contributed by atoms with Crippen LogP contribution in [0.4, 0.5) is 11.4 Å². The molecule has 0 spiro atoms. The Balaban J connectivity index is 2.08. The monoisotopic (exact) mass is 300 g/mol. The smallest absolute Gasteiger partial charge is 0.112 e. The van der Waals surface area contributed by atoms with Crippen molar-refractivity contribution in [3.63, 3.8) is 0 Å². The van der Waals surface area contributed by atoms with Gasteiger partial charge in [-0.2, -0.15) is 5.11 Å². The highest BCUT2D eigenvalue weighted by Gasteiger charge is 2.05. The summed E-state index contributed by atoms with van der Waals surface area (Å²) in [6, 6.07) is 19.0. The van der Waals surface area contributed by atoms with Crippen LogP contribution in [0.25, 0.3) is 10.8 Å². The molecule has 3 aromatic carbocycles. The zero-order valence-corrected chi connectivity index (χ0v) is 11.9. The molecule has 0 atom stereocenters. The third-order valence-corrected chi connectivity index (χ3v) is 3.47. The first-order chi connectivity index (χ1) is 9.74. The second-order valence-electron chi connectivity index (χ2n) is 4.30. The highest BCUT2D eigenvalue weighted by atomic mass is 35.5. The minimum atomic E-state index is 0.578. The van der Waals surface area contributed by atoms with Crippen LogP contribution in [0, 0.1) is 0 Å². The van der Waals surface area contributed by atoms with Crippen LogP contribution < -0.4 is 0 Å². The first kappa shape index (κ1) is 13.1. The summed E-state index contributed by atoms with van der Waals surface area (Å²) in [5.74, 6) is 0. The van der Waals surface area contributed by atoms with Crippen molar-refractivity contribution in [1.29, 1.82) is 0 Å². The summed E-state index contributed by atoms with van der Waals surface area (Å²) in [6.45, 7) is 0. The molecular weight excluding hydrogens is 291 g/mol. The fraction of sp³-hybridized carbons (Fsp3) is 0. The zero-order valence-electron chi connectivity index (χ0n) is 10.4. The molecule has 0 N–H and O–H groups in total. The molecule has 0 amide bonds. The lowest BCUT2D eigenvalue weighted by Gasteiger charge is -2.03. The molecule has 0 aliphatic rings. The van der Waals surface area contributed by atoms with Crippen LogP contribution in [-0.4, -0.2) is 0 Å². The molecule has 0 unspecified atom stereocenters. The van der Waals surface area contributed by atoms with E-state index in [1.807, 2.05) is 48.5 Å². The minimum absolute atomic E-state index is 0.578. The van der Waals surface area contributed by atoms with E-state index in [1.54, 1.807) is 12.1 Å². The predicted octanol–water partition coefficient (Wildman–Crippen LogP) is 6.56. The summed E-state index contributed by atoms with van der Waals surface area (Å²) < 4.78 is 0. The van der Waals surface area contributed by atoms with Gasteiger partial charge in [0.15, 0.2) is 0 Å². The van der Waals surface area contributed by atoms with E-state index in [2.05, 4.69) is 10.2 Å². The number of halogens is 2. The molecule has 0 saturated carbocycles. The van der Waals surface area contributed by atoms with Gasteiger partial charge in [-0.05, 0) is 29.7 Å². The van der Waals surface area contributed by atoms with Crippen molar-refractivity contribution in [3.8, 4) is 0 Å². The lowest BCUT2D eigenvalue weighted by atomic mass is 10.1. The van der Waals surface area contributed by atoms with Gasteiger partial charge < -0.3 is 0 Å². The number of rotatable bonds is 2. The van der Waals surface area contributed by atoms with Crippen molar-refractivity contribution in [3.05, 3.63) is 70.7 Å². The first-order valence-electron chi connectivity index (χ1n) is 6.08. The quantitative estimate of drug-likeness (QED) is 0.479. The number of fused-ring (bicyclic) bond motifs is 1. The van der Waals surface area contributed by atoms with E-state index in [0.717, 1.165) is 10.8 Å². The summed E-state index contributed by atoms with van der Waals surface area (Å²) in [4.78, 5) is 0. The van der Waals surface area contributed by atoms with Crippen molar-refractivity contribution in [2.75, 3.05) is 0 Å². The predicted molar refractivity (Wildman–Crippen MR) is 84.6 cm³/mol. The van der Waals surface area contributed by atoms with E-state index in [4.69, 9.17) is 23.2 Å². The topological polar surface area (TPSA) is 24.7 Å². The molecule has 3 aromatic rings. The molecule has 0 aliphatic heterocycles. The van der Waals surface area contributed by atoms with Crippen molar-refractivity contribution in [1.82, 2.24) is 0 Å². The molecule has 0 radical (unpaired) electrons. The van der Waals surface area contributed by atoms with Gasteiger partial charge in [0.2, 0.25) is 0 Å². The van der Waals surface area contributed by atoms with Gasteiger partial charge in [0.25, 0.3) is 0 Å². The van der Waals surface area contributed by atoms with E-state index >= 15 is 0 Å². The molecule has 98 valence electrons. The van der Waals surface area contributed by atoms with Crippen LogP contribution in [0.5, 0.6) is 0 Å². The second kappa shape index (κ2) is 5.61. The molecule has 0 bridgehead atoms. The third kappa shape index (κ3) is 2.67. The fourth-order valence-electron chi connectivity index (χ4n) is 1.98. The first-order valence-corrected chi connectivity index (χ1v) is 6.84. The van der Waals surface area contributed by atoms with Crippen molar-refractivity contribution < 1.29 is 0 Å². The van der Waals surface area contributed by atoms with Gasteiger partial charge in [-0.25, -0.2) is 0 Å². The van der Waals surface area contributed by atoms with E-state index < -0.39 is 0 Å². The highest BCUT2D eigenvalue weighted by molar-refractivity contribution is 6.34. The van der Waals surface area contributed by atoms with Crippen molar-refractivity contribution in [2.24, 2.45) is 10.2 Å². The van der Waals surface area contributed by atoms with Crippen molar-refractivity contribution in [2.45, 2.75) is 0 Å². The molecule has 0 saturated heterocycles. The molecule has 20 heavy (non-hydrogen) atoms. The molecule has 0 heterocycles. The summed E-state index contributed by atoms with van der Waals surface area (Å²) in [7, 11) is 0. The van der Waals surface area contributed by atoms with Gasteiger partial charge in [-0.15, -0.1) is 5.11 Å². The Morgan fingerprint density at radius 2 is 1.60 bits per heavy atom. The maximum atomic E-state index is 6.22. The van der Waals surface area contributed by atoms with Gasteiger partial charge in [0.05, 0.1) is 10.7 Å². The van der Waals surface area contributed by atoms with Crippen LogP contribution in [0.2, 0.25) is 10.0 Å². The normalized spacial score (nSPS) is 11.3. The van der Waals surface area contributed by atoms with Crippen molar-refractivity contribution >= 4 is 45.3 Å². The van der Waals surface area contributed by atoms with Crippen LogP contribution in [0.1, 0.15) is 0 Å². The Morgan fingerprint density at radius 1 is 0.750 bits per heavy atom. The summed E-state index contributed by atoms with van der Waals surface area (Å²) in [5, 5.41) is 11.8. The molecule has 4 heteroatoms. The minimum Gasteiger partial charge on any atom is -0.150 e. The third-order valence-electron chi connectivity index (χ3n) is 2.93. The standard InChI is InChI=1S/C16H10Cl2N2/c17-12-5-3-6-13(10-12)19-20-16-14-7-2-1-4-11(14)8-9-15(16)18/h1-10H. The van der Waals surface area contributed by atoms with Crippen LogP contribution >= 0.6 is 23.2 Å². The Morgan fingerprint density at radius 3 is 2.45 bits per heavy atom. The van der Waals surface area contributed by atoms with Crippen LogP contribution in [0.3, 0.4) is 0 Å². The Labute approximate surface area is 126 Å². The maximum Gasteiger partial charge on any atom is 0.112 e. The van der Waals surface area contributed by atoms with E-state index in [9.17, 15) is 0 Å². The lowest BCUT2D eigenvalue weighted by molar-refractivity contribution is 1.24. The van der Waals surface area contributed by atoms with Gasteiger partial charge in [0, 0.05) is 10.4 Å². The summed E-state index contributed by atoms with van der Waals surface area (Å²) >= 11 is 12.1. The Bertz CT molecular complexity index is 797. The zero-order chi connectivity index (χ0) is 13.9. The number of hydrogen-bond donors (Lipinski definition) is 0. The summed E-state index contributed by atoms with van der Waals surface area (Å²) in [6.07, 6.45) is 0. The van der Waals surface area contributed by atoms with Crippen LogP contribution in [-0.2, 0) is 0 Å². The largest absolute Gasteiger partial charge is 0.150 e. The lowest BCUT2D eigenvalue weighted by Crippen LogP contribution is -1.75. The number of nitrogens with zero attached hydrogens (tertiary/aromatic N) is 2. The maximum absolute atomic E-state index is 6.22. The molecule has 0 aliphatic carbocycles. The molecule has 3 rings (SSSR count). The number of azo groups is 1. The molecule has 2 nitrogen and oxygen atoms in total. The Hall–Kier alpha value is -1.90. The van der Waals surface area contributed by atoms with Gasteiger partial charge in [-0.3, -0.25) is 0 Å². The molecule has 0 fully saturated rings. The van der Waals surface area contributed by atoms with Crippen LogP contribution in [0.15, 0.2) is 70.9 Å². The van der Waals surface area contributed by atoms with Gasteiger partial charge in [0.1, 0.15) is 5.69 Å². The highest BCUT2D eigenvalue weighted by Crippen LogP contribution is 2.34. The van der Waals surface area contributed by atoms with E-state index in [-0.39, 0.29) is 0 Å². The SMILES string of the molecule is Clc1cccc(N=Nc2c(Cl)ccc3ccccc23)c1. The second-order valence-corrected chi connectivity index (χ2v) is 5.14. The average Bonchev–Trinajstić information content (AvgIpc) is 2.46. The van der Waals surface area contributed by atoms with E-state index in [1.165, 1.54) is 0 Å². The summed E-state index contributed by atoms with van der Waals surface area (Å²) in [5.41, 5.74) is 1.37. The molecular formula is C16H10Cl2N2. The Kier molecular flexibility index (Phi) is 3.68. The molecule has 0 aromatic heterocycles. The van der Waals surface area contributed by atoms with Gasteiger partial charge >= 0.3 is 0 Å². The number of hydrogen-bond acceptors (Lipinski definition) is 2. The number of benzene rings is 3. The average molecular weight is 301 g/mol. The van der Waals surface area contributed by atoms with Gasteiger partial charge in [-0.1, -0.05) is 59.6 Å². The van der Waals surface area contributed by atoms with E-state index in [0.29, 0.717) is 21.4 Å². The fourth-order valence-corrected chi connectivity index (χ4v) is 2.36.